The van der Waals surface area contributed by atoms with E-state index in [-0.39, 0.29) is 24.0 Å². The maximum atomic E-state index is 12.6. The topological polar surface area (TPSA) is 90.2 Å². The summed E-state index contributed by atoms with van der Waals surface area (Å²) in [5.74, 6) is 0.111. The summed E-state index contributed by atoms with van der Waals surface area (Å²) in [5, 5.41) is 32.5. The van der Waals surface area contributed by atoms with Crippen molar-refractivity contribution in [3.8, 4) is 11.5 Å². The van der Waals surface area contributed by atoms with E-state index in [4.69, 9.17) is 4.74 Å². The third-order valence-electron chi connectivity index (χ3n) is 6.57. The number of piperidine rings is 1. The van der Waals surface area contributed by atoms with Crippen LogP contribution in [0, 0.1) is 0 Å². The zero-order chi connectivity index (χ0) is 16.1. The van der Waals surface area contributed by atoms with E-state index in [0.29, 0.717) is 25.1 Å². The van der Waals surface area contributed by atoms with Gasteiger partial charge in [-0.15, -0.1) is 0 Å². The Morgan fingerprint density at radius 3 is 2.91 bits per heavy atom. The van der Waals surface area contributed by atoms with E-state index in [2.05, 4.69) is 4.90 Å². The van der Waals surface area contributed by atoms with Crippen LogP contribution in [0.5, 0.6) is 11.5 Å². The zero-order valence-electron chi connectivity index (χ0n) is 12.8. The van der Waals surface area contributed by atoms with Gasteiger partial charge < -0.3 is 25.0 Å². The molecule has 2 aliphatic heterocycles. The fourth-order valence-corrected chi connectivity index (χ4v) is 5.58. The third kappa shape index (κ3) is 1.24. The number of Topliss-reactive ketones (excluding diaryl/α,β-unsaturated/α-hetero) is 1. The average Bonchev–Trinajstić information content (AvgIpc) is 2.86. The fraction of sp³-hybridized carbons (Fsp3) is 0.588. The normalized spacial score (nSPS) is 44.0. The molecule has 1 unspecified atom stereocenters. The van der Waals surface area contributed by atoms with Crippen LogP contribution >= 0.6 is 0 Å². The van der Waals surface area contributed by atoms with E-state index < -0.39 is 23.2 Å². The van der Waals surface area contributed by atoms with E-state index >= 15 is 0 Å². The molecule has 6 heteroatoms. The molecule has 2 aliphatic carbocycles. The Morgan fingerprint density at radius 2 is 2.13 bits per heavy atom. The van der Waals surface area contributed by atoms with Gasteiger partial charge in [-0.05, 0) is 38.1 Å². The van der Waals surface area contributed by atoms with Crippen LogP contribution in [0.2, 0.25) is 0 Å². The summed E-state index contributed by atoms with van der Waals surface area (Å²) >= 11 is 0. The highest BCUT2D eigenvalue weighted by Gasteiger charge is 2.75. The van der Waals surface area contributed by atoms with E-state index in [1.165, 1.54) is 0 Å². The van der Waals surface area contributed by atoms with Crippen LogP contribution in [0.4, 0.5) is 0 Å². The lowest BCUT2D eigenvalue weighted by atomic mass is 9.48. The first kappa shape index (κ1) is 13.8. The van der Waals surface area contributed by atoms with Crippen LogP contribution in [0.1, 0.15) is 24.0 Å². The molecule has 3 N–H and O–H groups in total. The van der Waals surface area contributed by atoms with E-state index in [9.17, 15) is 20.1 Å². The smallest absolute Gasteiger partial charge is 0.177 e. The van der Waals surface area contributed by atoms with Crippen molar-refractivity contribution in [2.45, 2.75) is 48.5 Å². The van der Waals surface area contributed by atoms with E-state index in [1.807, 2.05) is 13.1 Å². The highest BCUT2D eigenvalue weighted by Crippen LogP contribution is 2.64. The van der Waals surface area contributed by atoms with Gasteiger partial charge in [0.25, 0.3) is 0 Å². The summed E-state index contributed by atoms with van der Waals surface area (Å²) in [5.41, 5.74) is -0.671. The summed E-state index contributed by atoms with van der Waals surface area (Å²) in [6.07, 6.45) is -0.970. The molecule has 122 valence electrons. The Kier molecular flexibility index (Phi) is 2.33. The van der Waals surface area contributed by atoms with Gasteiger partial charge in [0.05, 0.1) is 11.5 Å². The van der Waals surface area contributed by atoms with Crippen LogP contribution in [0.3, 0.4) is 0 Å². The molecule has 6 nitrogen and oxygen atoms in total. The molecule has 23 heavy (non-hydrogen) atoms. The summed E-state index contributed by atoms with van der Waals surface area (Å²) in [4.78, 5) is 14.6. The van der Waals surface area contributed by atoms with Crippen LogP contribution in [0.25, 0.3) is 0 Å². The molecule has 2 heterocycles. The lowest BCUT2D eigenvalue weighted by Crippen LogP contribution is -2.80. The largest absolute Gasteiger partial charge is 0.504 e. The van der Waals surface area contributed by atoms with Crippen LogP contribution in [0.15, 0.2) is 12.1 Å². The number of aliphatic hydroxyl groups is 2. The Balaban J connectivity index is 1.89. The standard InChI is InChI=1S/C17H19NO5/c1-18-5-4-16-13-8-2-3-9(19)14(13)23-15(16)10(20)7-12(21)17(16,22)11(18)6-8/h2-3,11-12,15,19,21-22H,4-7H2,1H3/t11-,12?,15+,16+,17+/m1/s1. The molecule has 2 fully saturated rings. The lowest BCUT2D eigenvalue weighted by molar-refractivity contribution is -0.226. The number of aromatic hydroxyl groups is 1. The summed E-state index contributed by atoms with van der Waals surface area (Å²) in [6.45, 7) is 0.710. The molecule has 2 bridgehead atoms. The number of hydrogen-bond donors (Lipinski definition) is 3. The maximum absolute atomic E-state index is 12.6. The minimum atomic E-state index is -1.44. The van der Waals surface area contributed by atoms with Gasteiger partial charge in [0, 0.05) is 18.0 Å². The van der Waals surface area contributed by atoms with E-state index in [0.717, 1.165) is 11.1 Å². The molecule has 0 radical (unpaired) electrons. The Morgan fingerprint density at radius 1 is 1.35 bits per heavy atom. The van der Waals surface area contributed by atoms with Crippen LogP contribution in [-0.2, 0) is 16.6 Å². The van der Waals surface area contributed by atoms with Gasteiger partial charge in [-0.3, -0.25) is 4.79 Å². The molecular formula is C17H19NO5. The Labute approximate surface area is 133 Å². The number of nitrogens with zero attached hydrogens (tertiary/aromatic N) is 1. The van der Waals surface area contributed by atoms with Crippen molar-refractivity contribution in [3.05, 3.63) is 23.3 Å². The second-order valence-corrected chi connectivity index (χ2v) is 7.38. The minimum Gasteiger partial charge on any atom is -0.504 e. The van der Waals surface area contributed by atoms with E-state index in [1.54, 1.807) is 6.07 Å². The zero-order valence-corrected chi connectivity index (χ0v) is 12.8. The van der Waals surface area contributed by atoms with Gasteiger partial charge in [-0.25, -0.2) is 0 Å². The van der Waals surface area contributed by atoms with Crippen molar-refractivity contribution in [1.82, 2.24) is 4.90 Å². The van der Waals surface area contributed by atoms with Crippen LogP contribution < -0.4 is 4.74 Å². The quantitative estimate of drug-likeness (QED) is 0.609. The van der Waals surface area contributed by atoms with Crippen molar-refractivity contribution in [1.29, 1.82) is 0 Å². The second-order valence-electron chi connectivity index (χ2n) is 7.38. The third-order valence-corrected chi connectivity index (χ3v) is 6.57. The highest BCUT2D eigenvalue weighted by atomic mass is 16.5. The van der Waals surface area contributed by atoms with Gasteiger partial charge in [-0.1, -0.05) is 6.07 Å². The number of rotatable bonds is 0. The molecule has 0 aromatic heterocycles. The first-order chi connectivity index (χ1) is 10.9. The summed E-state index contributed by atoms with van der Waals surface area (Å²) < 4.78 is 5.88. The summed E-state index contributed by atoms with van der Waals surface area (Å²) in [7, 11) is 1.94. The highest BCUT2D eigenvalue weighted by molar-refractivity contribution is 5.90. The Hall–Kier alpha value is -1.63. The molecule has 0 amide bonds. The fourth-order valence-electron chi connectivity index (χ4n) is 5.58. The van der Waals surface area contributed by atoms with Crippen molar-refractivity contribution in [2.75, 3.05) is 13.6 Å². The van der Waals surface area contributed by atoms with Crippen molar-refractivity contribution >= 4 is 5.78 Å². The van der Waals surface area contributed by atoms with Crippen molar-refractivity contribution < 1.29 is 24.9 Å². The van der Waals surface area contributed by atoms with Crippen LogP contribution in [-0.4, -0.2) is 63.4 Å². The number of hydrogen-bond acceptors (Lipinski definition) is 6. The molecule has 5 atom stereocenters. The molecule has 4 aliphatic rings. The molecule has 1 saturated heterocycles. The molecule has 1 saturated carbocycles. The lowest BCUT2D eigenvalue weighted by Gasteiger charge is -2.63. The molecule has 1 aromatic carbocycles. The number of carbonyl (C=O) groups is 1. The van der Waals surface area contributed by atoms with Gasteiger partial charge in [0.1, 0.15) is 5.60 Å². The monoisotopic (exact) mass is 317 g/mol. The predicted octanol–water partition coefficient (Wildman–Crippen LogP) is -0.284. The first-order valence-corrected chi connectivity index (χ1v) is 8.06. The number of carbonyl (C=O) groups excluding carboxylic acids is 1. The predicted molar refractivity (Wildman–Crippen MR) is 79.5 cm³/mol. The average molecular weight is 317 g/mol. The number of phenolic OH excluding ortho intramolecular Hbond substituents is 1. The molecular weight excluding hydrogens is 298 g/mol. The number of ketones is 1. The second kappa shape index (κ2) is 3.88. The number of phenols is 1. The van der Waals surface area contributed by atoms with Crippen molar-refractivity contribution in [3.63, 3.8) is 0 Å². The number of likely N-dealkylation sites (N-methyl/N-ethyl adjacent to an activating group) is 1. The SMILES string of the molecule is CN1CC[C@]23c4c5ccc(O)c4O[C@H]2C(=O)CC(O)[C@@]3(O)[C@H]1C5. The number of benzene rings is 1. The van der Waals surface area contributed by atoms with Crippen molar-refractivity contribution in [2.24, 2.45) is 0 Å². The van der Waals surface area contributed by atoms with Gasteiger partial charge in [-0.2, -0.15) is 0 Å². The van der Waals surface area contributed by atoms with Gasteiger partial charge in [0.2, 0.25) is 0 Å². The molecule has 5 rings (SSSR count). The molecule has 1 spiro atoms. The van der Waals surface area contributed by atoms with Gasteiger partial charge >= 0.3 is 0 Å². The Bertz CT molecular complexity index is 749. The first-order valence-electron chi connectivity index (χ1n) is 8.06. The number of aliphatic hydroxyl groups excluding tert-OH is 1. The maximum Gasteiger partial charge on any atom is 0.177 e. The van der Waals surface area contributed by atoms with Gasteiger partial charge in [0.15, 0.2) is 23.4 Å². The minimum absolute atomic E-state index is 0.00505. The number of ether oxygens (including phenoxy) is 1. The molecule has 1 aromatic rings. The number of likely N-dealkylation sites (tertiary alicyclic amines) is 1. The summed E-state index contributed by atoms with van der Waals surface area (Å²) in [6, 6.07) is 3.16.